The summed E-state index contributed by atoms with van der Waals surface area (Å²) in [5, 5.41) is 1.89. The molecular weight excluding hydrogens is 232 g/mol. The predicted molar refractivity (Wildman–Crippen MR) is 71.4 cm³/mol. The third kappa shape index (κ3) is 1.63. The largest absolute Gasteiger partial charge is 0.464 e. The van der Waals surface area contributed by atoms with Gasteiger partial charge in [0.25, 0.3) is 0 Å². The maximum absolute atomic E-state index is 6.34. The standard InChI is InChI=1S/C15H11ClO/c1-10-5-4-7-12(15(10)16)13-9-17-14-8-3-2-6-11(13)14/h2-9H,1H3. The summed E-state index contributed by atoms with van der Waals surface area (Å²) in [6.07, 6.45) is 1.77. The van der Waals surface area contributed by atoms with Crippen LogP contribution in [0.1, 0.15) is 5.56 Å². The van der Waals surface area contributed by atoms with E-state index < -0.39 is 0 Å². The van der Waals surface area contributed by atoms with Gasteiger partial charge in [-0.1, -0.05) is 48.0 Å². The normalized spacial score (nSPS) is 10.9. The Kier molecular flexibility index (Phi) is 2.41. The molecule has 2 heteroatoms. The van der Waals surface area contributed by atoms with Crippen molar-refractivity contribution in [2.75, 3.05) is 0 Å². The van der Waals surface area contributed by atoms with E-state index in [1.54, 1.807) is 6.26 Å². The van der Waals surface area contributed by atoms with Gasteiger partial charge in [-0.05, 0) is 18.6 Å². The first-order valence-corrected chi connectivity index (χ1v) is 5.87. The second kappa shape index (κ2) is 3.94. The zero-order valence-corrected chi connectivity index (χ0v) is 10.2. The fraction of sp³-hybridized carbons (Fsp3) is 0.0667. The van der Waals surface area contributed by atoms with Gasteiger partial charge in [-0.25, -0.2) is 0 Å². The number of benzene rings is 2. The first-order chi connectivity index (χ1) is 8.27. The van der Waals surface area contributed by atoms with Crippen molar-refractivity contribution < 1.29 is 4.42 Å². The van der Waals surface area contributed by atoms with E-state index >= 15 is 0 Å². The first kappa shape index (κ1) is 10.4. The Morgan fingerprint density at radius 3 is 2.65 bits per heavy atom. The third-order valence-electron chi connectivity index (χ3n) is 2.96. The molecule has 0 unspecified atom stereocenters. The molecule has 0 aliphatic carbocycles. The number of hydrogen-bond acceptors (Lipinski definition) is 1. The zero-order chi connectivity index (χ0) is 11.8. The lowest BCUT2D eigenvalue weighted by atomic mass is 10.0. The molecule has 0 aliphatic rings. The molecule has 3 rings (SSSR count). The van der Waals surface area contributed by atoms with Crippen LogP contribution in [0, 0.1) is 6.92 Å². The van der Waals surface area contributed by atoms with E-state index in [1.165, 1.54) is 0 Å². The van der Waals surface area contributed by atoms with Crippen LogP contribution in [0.15, 0.2) is 53.1 Å². The molecular formula is C15H11ClO. The smallest absolute Gasteiger partial charge is 0.134 e. The average Bonchev–Trinajstić information content (AvgIpc) is 2.77. The molecule has 1 aromatic heterocycles. The van der Waals surface area contributed by atoms with Crippen molar-refractivity contribution in [1.29, 1.82) is 0 Å². The minimum atomic E-state index is 0.791. The molecule has 0 aliphatic heterocycles. The number of rotatable bonds is 1. The molecule has 0 spiro atoms. The van der Waals surface area contributed by atoms with Crippen LogP contribution < -0.4 is 0 Å². The number of hydrogen-bond donors (Lipinski definition) is 0. The molecule has 0 fully saturated rings. The van der Waals surface area contributed by atoms with Crippen molar-refractivity contribution in [2.24, 2.45) is 0 Å². The summed E-state index contributed by atoms with van der Waals surface area (Å²) in [6, 6.07) is 14.0. The Morgan fingerprint density at radius 1 is 0.941 bits per heavy atom. The number of furan rings is 1. The van der Waals surface area contributed by atoms with Gasteiger partial charge in [0.05, 0.1) is 11.3 Å². The molecule has 0 radical (unpaired) electrons. The van der Waals surface area contributed by atoms with Gasteiger partial charge in [0, 0.05) is 16.5 Å². The van der Waals surface area contributed by atoms with Crippen molar-refractivity contribution in [3.05, 3.63) is 59.3 Å². The van der Waals surface area contributed by atoms with Crippen LogP contribution in [0.25, 0.3) is 22.1 Å². The molecule has 1 nitrogen and oxygen atoms in total. The number of para-hydroxylation sites is 1. The van der Waals surface area contributed by atoms with E-state index in [0.29, 0.717) is 0 Å². The van der Waals surface area contributed by atoms with Gasteiger partial charge in [-0.15, -0.1) is 0 Å². The monoisotopic (exact) mass is 242 g/mol. The van der Waals surface area contributed by atoms with E-state index in [9.17, 15) is 0 Å². The molecule has 0 amide bonds. The Bertz CT molecular complexity index is 682. The second-order valence-corrected chi connectivity index (χ2v) is 4.46. The Hall–Kier alpha value is -1.73. The van der Waals surface area contributed by atoms with Crippen LogP contribution in [0.3, 0.4) is 0 Å². The first-order valence-electron chi connectivity index (χ1n) is 5.49. The summed E-state index contributed by atoms with van der Waals surface area (Å²) >= 11 is 6.34. The molecule has 0 saturated heterocycles. The summed E-state index contributed by atoms with van der Waals surface area (Å²) in [7, 11) is 0. The quantitative estimate of drug-likeness (QED) is 0.581. The maximum Gasteiger partial charge on any atom is 0.134 e. The van der Waals surface area contributed by atoms with Gasteiger partial charge in [-0.3, -0.25) is 0 Å². The number of halogens is 1. The summed E-state index contributed by atoms with van der Waals surface area (Å²) in [5.74, 6) is 0. The van der Waals surface area contributed by atoms with Gasteiger partial charge in [-0.2, -0.15) is 0 Å². The third-order valence-corrected chi connectivity index (χ3v) is 3.46. The van der Waals surface area contributed by atoms with E-state index in [4.69, 9.17) is 16.0 Å². The van der Waals surface area contributed by atoms with Crippen molar-refractivity contribution in [2.45, 2.75) is 6.92 Å². The van der Waals surface area contributed by atoms with Crippen LogP contribution in [-0.4, -0.2) is 0 Å². The molecule has 0 N–H and O–H groups in total. The van der Waals surface area contributed by atoms with Gasteiger partial charge >= 0.3 is 0 Å². The van der Waals surface area contributed by atoms with Crippen molar-refractivity contribution >= 4 is 22.6 Å². The highest BCUT2D eigenvalue weighted by Crippen LogP contribution is 2.36. The van der Waals surface area contributed by atoms with Crippen molar-refractivity contribution in [1.82, 2.24) is 0 Å². The number of fused-ring (bicyclic) bond motifs is 1. The number of aryl methyl sites for hydroxylation is 1. The summed E-state index contributed by atoms with van der Waals surface area (Å²) in [4.78, 5) is 0. The highest BCUT2D eigenvalue weighted by Gasteiger charge is 2.11. The van der Waals surface area contributed by atoms with E-state index in [1.807, 2.05) is 49.4 Å². The Morgan fingerprint density at radius 2 is 1.76 bits per heavy atom. The van der Waals surface area contributed by atoms with Crippen LogP contribution in [0.5, 0.6) is 0 Å². The van der Waals surface area contributed by atoms with Gasteiger partial charge in [0.1, 0.15) is 5.58 Å². The lowest BCUT2D eigenvalue weighted by molar-refractivity contribution is 0.617. The van der Waals surface area contributed by atoms with Gasteiger partial charge in [0.15, 0.2) is 0 Å². The fourth-order valence-electron chi connectivity index (χ4n) is 2.04. The minimum absolute atomic E-state index is 0.791. The molecule has 0 saturated carbocycles. The molecule has 0 atom stereocenters. The van der Waals surface area contributed by atoms with Gasteiger partial charge in [0.2, 0.25) is 0 Å². The van der Waals surface area contributed by atoms with Crippen LogP contribution >= 0.6 is 11.6 Å². The van der Waals surface area contributed by atoms with E-state index in [-0.39, 0.29) is 0 Å². The molecule has 3 aromatic rings. The highest BCUT2D eigenvalue weighted by molar-refractivity contribution is 6.34. The Labute approximate surface area is 105 Å². The Balaban J connectivity index is 2.31. The molecule has 17 heavy (non-hydrogen) atoms. The second-order valence-electron chi connectivity index (χ2n) is 4.08. The van der Waals surface area contributed by atoms with Crippen LogP contribution in [-0.2, 0) is 0 Å². The van der Waals surface area contributed by atoms with E-state index in [2.05, 4.69) is 0 Å². The lowest BCUT2D eigenvalue weighted by Gasteiger charge is -2.04. The average molecular weight is 243 g/mol. The molecule has 2 aromatic carbocycles. The predicted octanol–water partition coefficient (Wildman–Crippen LogP) is 5.06. The molecule has 0 bridgehead atoms. The van der Waals surface area contributed by atoms with Crippen LogP contribution in [0.2, 0.25) is 5.02 Å². The van der Waals surface area contributed by atoms with E-state index in [0.717, 1.165) is 32.7 Å². The maximum atomic E-state index is 6.34. The lowest BCUT2D eigenvalue weighted by Crippen LogP contribution is -1.81. The summed E-state index contributed by atoms with van der Waals surface area (Å²) in [6.45, 7) is 2.01. The zero-order valence-electron chi connectivity index (χ0n) is 9.41. The fourth-order valence-corrected chi connectivity index (χ4v) is 2.27. The minimum Gasteiger partial charge on any atom is -0.464 e. The topological polar surface area (TPSA) is 13.1 Å². The SMILES string of the molecule is Cc1cccc(-c2coc3ccccc23)c1Cl. The summed E-state index contributed by atoms with van der Waals surface area (Å²) < 4.78 is 5.54. The highest BCUT2D eigenvalue weighted by atomic mass is 35.5. The van der Waals surface area contributed by atoms with Crippen molar-refractivity contribution in [3.63, 3.8) is 0 Å². The van der Waals surface area contributed by atoms with Crippen LogP contribution in [0.4, 0.5) is 0 Å². The molecule has 84 valence electrons. The van der Waals surface area contributed by atoms with Crippen molar-refractivity contribution in [3.8, 4) is 11.1 Å². The van der Waals surface area contributed by atoms with Gasteiger partial charge < -0.3 is 4.42 Å². The molecule has 1 heterocycles. The summed E-state index contributed by atoms with van der Waals surface area (Å²) in [5.41, 5.74) is 4.04.